The van der Waals surface area contributed by atoms with Gasteiger partial charge in [-0.15, -0.1) is 0 Å². The molecular formula is C18H21N3O4S. The summed E-state index contributed by atoms with van der Waals surface area (Å²) < 4.78 is 23.5. The van der Waals surface area contributed by atoms with E-state index in [1.807, 2.05) is 6.07 Å². The largest absolute Gasteiger partial charge is 0.337 e. The Balaban J connectivity index is 1.76. The number of rotatable bonds is 7. The van der Waals surface area contributed by atoms with Gasteiger partial charge in [0.05, 0.1) is 10.6 Å². The lowest BCUT2D eigenvalue weighted by Gasteiger charge is -2.09. The fourth-order valence-electron chi connectivity index (χ4n) is 2.12. The van der Waals surface area contributed by atoms with Gasteiger partial charge in [0.25, 0.3) is 0 Å². The van der Waals surface area contributed by atoms with Crippen LogP contribution in [0.25, 0.3) is 0 Å². The van der Waals surface area contributed by atoms with Crippen LogP contribution in [0.1, 0.15) is 13.3 Å². The molecule has 0 aliphatic rings. The Kier molecular flexibility index (Phi) is 6.74. The van der Waals surface area contributed by atoms with Crippen LogP contribution in [0.3, 0.4) is 0 Å². The monoisotopic (exact) mass is 375 g/mol. The fourth-order valence-corrected chi connectivity index (χ4v) is 3.01. The number of carbonyl (C=O) groups is 2. The van der Waals surface area contributed by atoms with E-state index in [-0.39, 0.29) is 29.5 Å². The van der Waals surface area contributed by atoms with Crippen LogP contribution in [0.4, 0.5) is 16.2 Å². The number of hydrogen-bond acceptors (Lipinski definition) is 4. The molecule has 2 aromatic carbocycles. The summed E-state index contributed by atoms with van der Waals surface area (Å²) in [5, 5.41) is 7.90. The molecule has 0 aliphatic carbocycles. The van der Waals surface area contributed by atoms with Crippen LogP contribution in [0.2, 0.25) is 0 Å². The summed E-state index contributed by atoms with van der Waals surface area (Å²) in [6, 6.07) is 14.6. The van der Waals surface area contributed by atoms with Crippen molar-refractivity contribution in [3.63, 3.8) is 0 Å². The van der Waals surface area contributed by atoms with Gasteiger partial charge in [-0.05, 0) is 36.4 Å². The molecule has 0 heterocycles. The summed E-state index contributed by atoms with van der Waals surface area (Å²) in [5.41, 5.74) is 1.16. The van der Waals surface area contributed by atoms with Crippen LogP contribution in [0.15, 0.2) is 59.5 Å². The summed E-state index contributed by atoms with van der Waals surface area (Å²) in [4.78, 5) is 23.8. The second-order valence-corrected chi connectivity index (χ2v) is 7.75. The Bertz CT molecular complexity index is 850. The number of anilines is 2. The van der Waals surface area contributed by atoms with Crippen LogP contribution in [0, 0.1) is 0 Å². The van der Waals surface area contributed by atoms with E-state index in [0.717, 1.165) is 0 Å². The van der Waals surface area contributed by atoms with Crippen molar-refractivity contribution in [1.29, 1.82) is 0 Å². The number of amides is 3. The minimum Gasteiger partial charge on any atom is -0.337 e. The zero-order valence-corrected chi connectivity index (χ0v) is 15.2. The first-order chi connectivity index (χ1) is 12.4. The smallest absolute Gasteiger partial charge is 0.319 e. The molecule has 0 spiro atoms. The Morgan fingerprint density at radius 2 is 1.50 bits per heavy atom. The molecule has 3 N–H and O–H groups in total. The van der Waals surface area contributed by atoms with Gasteiger partial charge in [-0.2, -0.15) is 0 Å². The molecule has 2 rings (SSSR count). The molecule has 0 saturated heterocycles. The van der Waals surface area contributed by atoms with Crippen molar-refractivity contribution >= 4 is 33.2 Å². The zero-order chi connectivity index (χ0) is 19.0. The van der Waals surface area contributed by atoms with Crippen molar-refractivity contribution in [3.05, 3.63) is 54.6 Å². The molecule has 2 aromatic rings. The summed E-state index contributed by atoms with van der Waals surface area (Å²) in [6.45, 7) is 1.75. The Hall–Kier alpha value is -2.87. The number of para-hydroxylation sites is 1. The molecule has 0 radical (unpaired) electrons. The summed E-state index contributed by atoms with van der Waals surface area (Å²) in [7, 11) is -3.26. The molecule has 0 aromatic heterocycles. The van der Waals surface area contributed by atoms with Gasteiger partial charge in [0.1, 0.15) is 0 Å². The van der Waals surface area contributed by atoms with Crippen molar-refractivity contribution in [3.8, 4) is 0 Å². The Labute approximate surface area is 152 Å². The number of benzene rings is 2. The van der Waals surface area contributed by atoms with Gasteiger partial charge < -0.3 is 16.0 Å². The molecule has 8 heteroatoms. The summed E-state index contributed by atoms with van der Waals surface area (Å²) in [5.74, 6) is -0.258. The number of hydrogen-bond donors (Lipinski definition) is 3. The molecule has 0 atom stereocenters. The van der Waals surface area contributed by atoms with E-state index < -0.39 is 15.9 Å². The molecule has 0 aliphatic heterocycles. The van der Waals surface area contributed by atoms with Crippen molar-refractivity contribution < 1.29 is 18.0 Å². The first kappa shape index (κ1) is 19.5. The second-order valence-electron chi connectivity index (χ2n) is 5.47. The standard InChI is InChI=1S/C18H21N3O4S/c1-2-26(24,25)16-10-8-15(9-11-16)20-17(22)12-13-19-18(23)21-14-6-4-3-5-7-14/h3-11H,2,12-13H2,1H3,(H,20,22)(H2,19,21,23). The van der Waals surface area contributed by atoms with E-state index in [1.54, 1.807) is 31.2 Å². The quantitative estimate of drug-likeness (QED) is 0.692. The van der Waals surface area contributed by atoms with Crippen molar-refractivity contribution in [2.45, 2.75) is 18.2 Å². The molecule has 0 unspecified atom stereocenters. The van der Waals surface area contributed by atoms with Crippen LogP contribution in [-0.2, 0) is 14.6 Å². The average Bonchev–Trinajstić information content (AvgIpc) is 2.63. The van der Waals surface area contributed by atoms with Gasteiger partial charge in [0.2, 0.25) is 5.91 Å². The predicted octanol–water partition coefficient (Wildman–Crippen LogP) is 2.63. The Morgan fingerprint density at radius 1 is 0.885 bits per heavy atom. The fraction of sp³-hybridized carbons (Fsp3) is 0.222. The SMILES string of the molecule is CCS(=O)(=O)c1ccc(NC(=O)CCNC(=O)Nc2ccccc2)cc1. The summed E-state index contributed by atoms with van der Waals surface area (Å²) in [6.07, 6.45) is 0.0945. The van der Waals surface area contributed by atoms with Crippen LogP contribution in [0.5, 0.6) is 0 Å². The van der Waals surface area contributed by atoms with Crippen molar-refractivity contribution in [1.82, 2.24) is 5.32 Å². The molecule has 3 amide bonds. The lowest BCUT2D eigenvalue weighted by atomic mass is 10.3. The molecule has 0 bridgehead atoms. The molecule has 26 heavy (non-hydrogen) atoms. The maximum atomic E-state index is 11.9. The Morgan fingerprint density at radius 3 is 2.12 bits per heavy atom. The molecular weight excluding hydrogens is 354 g/mol. The van der Waals surface area contributed by atoms with Crippen LogP contribution in [-0.4, -0.2) is 32.7 Å². The lowest BCUT2D eigenvalue weighted by molar-refractivity contribution is -0.116. The summed E-state index contributed by atoms with van der Waals surface area (Å²) >= 11 is 0. The van der Waals surface area contributed by atoms with E-state index in [9.17, 15) is 18.0 Å². The first-order valence-electron chi connectivity index (χ1n) is 8.13. The predicted molar refractivity (Wildman–Crippen MR) is 101 cm³/mol. The molecule has 7 nitrogen and oxygen atoms in total. The highest BCUT2D eigenvalue weighted by molar-refractivity contribution is 7.91. The number of sulfone groups is 1. The van der Waals surface area contributed by atoms with Gasteiger partial charge in [-0.25, -0.2) is 13.2 Å². The van der Waals surface area contributed by atoms with E-state index in [4.69, 9.17) is 0 Å². The topological polar surface area (TPSA) is 104 Å². The maximum Gasteiger partial charge on any atom is 0.319 e. The molecule has 0 saturated carbocycles. The van der Waals surface area contributed by atoms with E-state index in [2.05, 4.69) is 16.0 Å². The lowest BCUT2D eigenvalue weighted by Crippen LogP contribution is -2.31. The van der Waals surface area contributed by atoms with Crippen molar-refractivity contribution in [2.24, 2.45) is 0 Å². The number of urea groups is 1. The second kappa shape index (κ2) is 9.00. The highest BCUT2D eigenvalue weighted by atomic mass is 32.2. The van der Waals surface area contributed by atoms with Gasteiger partial charge in [0.15, 0.2) is 9.84 Å². The minimum atomic E-state index is -3.26. The normalized spacial score (nSPS) is 10.8. The van der Waals surface area contributed by atoms with Gasteiger partial charge >= 0.3 is 6.03 Å². The maximum absolute atomic E-state index is 11.9. The van der Waals surface area contributed by atoms with E-state index >= 15 is 0 Å². The van der Waals surface area contributed by atoms with Gasteiger partial charge in [0, 0.05) is 24.3 Å². The minimum absolute atomic E-state index is 0.0232. The highest BCUT2D eigenvalue weighted by Gasteiger charge is 2.11. The molecule has 138 valence electrons. The third kappa shape index (κ3) is 5.89. The van der Waals surface area contributed by atoms with E-state index in [1.165, 1.54) is 24.3 Å². The highest BCUT2D eigenvalue weighted by Crippen LogP contribution is 2.15. The first-order valence-corrected chi connectivity index (χ1v) is 9.78. The van der Waals surface area contributed by atoms with E-state index in [0.29, 0.717) is 11.4 Å². The number of carbonyl (C=O) groups excluding carboxylic acids is 2. The van der Waals surface area contributed by atoms with Gasteiger partial charge in [-0.1, -0.05) is 25.1 Å². The third-order valence-corrected chi connectivity index (χ3v) is 5.30. The van der Waals surface area contributed by atoms with Crippen LogP contribution >= 0.6 is 0 Å². The molecule has 0 fully saturated rings. The van der Waals surface area contributed by atoms with Crippen molar-refractivity contribution in [2.75, 3.05) is 22.9 Å². The van der Waals surface area contributed by atoms with Crippen LogP contribution < -0.4 is 16.0 Å². The zero-order valence-electron chi connectivity index (χ0n) is 14.4. The number of nitrogens with one attached hydrogen (secondary N) is 3. The average molecular weight is 375 g/mol. The third-order valence-electron chi connectivity index (χ3n) is 3.55. The van der Waals surface area contributed by atoms with Gasteiger partial charge in [-0.3, -0.25) is 4.79 Å².